The molecule has 8 rings (SSSR count). The molecule has 4 aromatic carbocycles. The lowest BCUT2D eigenvalue weighted by Gasteiger charge is -2.42. The standard InChI is InChI=1S/C27H28F7NO3.C26H26F7NO3/c1-14(16-10-17(26(29,30)31)12-18(11-16)27(32,33)34)38-22-9-8-20(23(22)15-4-6-19(28)7-5-15)25(2)13-21(36)24(37)35(25)3;1-13(15-9-16(25(28,29)30)11-17(10-15)26(31,32)33)37-21-8-7-19(24(2)12-20(35)23(36)34-24)22(21)14-3-5-18(27)6-4-14/h4-7,10-12,14,20-23,36H,8-9,13H2,1-3H3;3-6,9-11,13,19-22,35H,7-8,12H2,1-2H3,(H,34,36)/t14-,20-,21-,22+,23+,25-;13-,19-,20+,21+,22+,24-/m11/s1. The molecule has 12 atom stereocenters. The SMILES string of the molecule is C[C@@H](O[C@H]1CC[C@@H]([C@@]2(C)C[C@@H](O)C(=O)N2C)[C@@H]1c1ccc(F)cc1)c1cc(C(F)(F)F)cc(C(F)(F)F)c1.C[C@@H](O[C@H]1CC[C@@H]([C@@]2(C)C[C@H](O)C(=O)N2)[C@@H]1c1ccc(F)cc1)c1cc(C(F)(F)F)cc(C(F)(F)F)c1. The zero-order chi connectivity index (χ0) is 55.5. The van der Waals surface area contributed by atoms with Crippen molar-refractivity contribution in [2.45, 2.75) is 150 Å². The molecule has 3 N–H and O–H groups in total. The van der Waals surface area contributed by atoms with Gasteiger partial charge in [-0.25, -0.2) is 8.78 Å². The van der Waals surface area contributed by atoms with E-state index in [0.717, 1.165) is 0 Å². The molecule has 0 radical (unpaired) electrons. The van der Waals surface area contributed by atoms with E-state index in [0.29, 0.717) is 61.1 Å². The number of nitrogens with zero attached hydrogens (tertiary/aromatic N) is 1. The molecule has 410 valence electrons. The van der Waals surface area contributed by atoms with Gasteiger partial charge in [-0.05, 0) is 148 Å². The van der Waals surface area contributed by atoms with Crippen LogP contribution in [0.4, 0.5) is 61.5 Å². The highest BCUT2D eigenvalue weighted by Crippen LogP contribution is 2.54. The Hall–Kier alpha value is -5.32. The van der Waals surface area contributed by atoms with Crippen LogP contribution < -0.4 is 5.32 Å². The zero-order valence-electron chi connectivity index (χ0n) is 40.9. The number of nitrogens with one attached hydrogen (secondary N) is 1. The summed E-state index contributed by atoms with van der Waals surface area (Å²) in [5.41, 5.74) is -6.58. The lowest BCUT2D eigenvalue weighted by Crippen LogP contribution is -2.48. The summed E-state index contributed by atoms with van der Waals surface area (Å²) in [6.45, 7) is 6.38. The number of halogens is 14. The van der Waals surface area contributed by atoms with Gasteiger partial charge >= 0.3 is 24.7 Å². The van der Waals surface area contributed by atoms with Crippen LogP contribution >= 0.6 is 0 Å². The van der Waals surface area contributed by atoms with E-state index in [4.69, 9.17) is 9.47 Å². The van der Waals surface area contributed by atoms with Gasteiger partial charge < -0.3 is 29.9 Å². The smallest absolute Gasteiger partial charge is 0.383 e. The van der Waals surface area contributed by atoms with E-state index >= 15 is 0 Å². The van der Waals surface area contributed by atoms with Crippen LogP contribution in [-0.4, -0.2) is 69.5 Å². The fourth-order valence-electron chi connectivity index (χ4n) is 11.7. The lowest BCUT2D eigenvalue weighted by atomic mass is 9.73. The normalized spacial score (nSPS) is 29.3. The molecule has 2 aliphatic heterocycles. The summed E-state index contributed by atoms with van der Waals surface area (Å²) >= 11 is 0. The van der Waals surface area contributed by atoms with Crippen LogP contribution in [0.1, 0.15) is 135 Å². The zero-order valence-corrected chi connectivity index (χ0v) is 40.9. The number of benzene rings is 4. The maximum absolute atomic E-state index is 13.7. The summed E-state index contributed by atoms with van der Waals surface area (Å²) in [5.74, 6) is -3.42. The van der Waals surface area contributed by atoms with Crippen LogP contribution in [0.25, 0.3) is 0 Å². The fraction of sp³-hybridized carbons (Fsp3) is 0.509. The van der Waals surface area contributed by atoms with Crippen molar-refractivity contribution in [2.75, 3.05) is 7.05 Å². The van der Waals surface area contributed by atoms with E-state index in [1.807, 2.05) is 6.92 Å². The topological polar surface area (TPSA) is 108 Å². The second-order valence-corrected chi connectivity index (χ2v) is 20.4. The summed E-state index contributed by atoms with van der Waals surface area (Å²) in [4.78, 5) is 26.0. The largest absolute Gasteiger partial charge is 0.416 e. The van der Waals surface area contributed by atoms with Gasteiger partial charge in [0, 0.05) is 42.8 Å². The molecule has 75 heavy (non-hydrogen) atoms. The number of alkyl halides is 12. The molecule has 0 bridgehead atoms. The van der Waals surface area contributed by atoms with E-state index in [-0.39, 0.29) is 47.9 Å². The Labute approximate surface area is 422 Å². The Morgan fingerprint density at radius 1 is 0.560 bits per heavy atom. The first kappa shape index (κ1) is 57.4. The van der Waals surface area contributed by atoms with E-state index in [1.54, 1.807) is 38.2 Å². The Morgan fingerprint density at radius 3 is 1.24 bits per heavy atom. The molecular weight excluding hydrogens is 1030 g/mol. The predicted molar refractivity (Wildman–Crippen MR) is 242 cm³/mol. The number of likely N-dealkylation sites (tertiary alicyclic amines) is 1. The third-order valence-corrected chi connectivity index (χ3v) is 15.6. The molecular formula is C53H54F14N2O6. The molecule has 4 aromatic rings. The van der Waals surface area contributed by atoms with Gasteiger partial charge in [-0.3, -0.25) is 9.59 Å². The number of ether oxygens (including phenoxy) is 2. The van der Waals surface area contributed by atoms with E-state index in [9.17, 15) is 81.3 Å². The number of carbonyl (C=O) groups is 2. The lowest BCUT2D eigenvalue weighted by molar-refractivity contribution is -0.145. The van der Waals surface area contributed by atoms with Crippen molar-refractivity contribution in [3.8, 4) is 0 Å². The third-order valence-electron chi connectivity index (χ3n) is 15.6. The Morgan fingerprint density at radius 2 is 0.920 bits per heavy atom. The van der Waals surface area contributed by atoms with Gasteiger partial charge in [-0.1, -0.05) is 24.3 Å². The highest BCUT2D eigenvalue weighted by Gasteiger charge is 2.56. The van der Waals surface area contributed by atoms with Crippen molar-refractivity contribution >= 4 is 11.8 Å². The predicted octanol–water partition coefficient (Wildman–Crippen LogP) is 12.6. The monoisotopic (exact) mass is 1080 g/mol. The Bertz CT molecular complexity index is 2630. The van der Waals surface area contributed by atoms with Crippen LogP contribution in [0, 0.1) is 23.5 Å². The number of amides is 2. The van der Waals surface area contributed by atoms with Gasteiger partial charge in [-0.15, -0.1) is 0 Å². The molecule has 2 heterocycles. The maximum atomic E-state index is 13.7. The molecule has 4 aliphatic rings. The quantitative estimate of drug-likeness (QED) is 0.137. The molecule has 8 nitrogen and oxygen atoms in total. The van der Waals surface area contributed by atoms with Gasteiger partial charge in [0.2, 0.25) is 5.91 Å². The molecule has 2 amide bonds. The van der Waals surface area contributed by atoms with Crippen molar-refractivity contribution < 1.29 is 90.7 Å². The second-order valence-electron chi connectivity index (χ2n) is 20.4. The van der Waals surface area contributed by atoms with E-state index in [2.05, 4.69) is 5.32 Å². The first-order valence-electron chi connectivity index (χ1n) is 24.0. The van der Waals surface area contributed by atoms with Crippen LogP contribution in [0.5, 0.6) is 0 Å². The summed E-state index contributed by atoms with van der Waals surface area (Å²) in [6.07, 6.45) is -23.8. The van der Waals surface area contributed by atoms with Gasteiger partial charge in [0.25, 0.3) is 5.91 Å². The van der Waals surface area contributed by atoms with E-state index < -0.39 is 130 Å². The highest BCUT2D eigenvalue weighted by molar-refractivity contribution is 5.84. The molecule has 0 aromatic heterocycles. The van der Waals surface area contributed by atoms with Crippen LogP contribution in [0.3, 0.4) is 0 Å². The number of aliphatic hydroxyl groups is 2. The van der Waals surface area contributed by atoms with Crippen molar-refractivity contribution in [3.05, 3.63) is 141 Å². The number of likely N-dealkylation sites (N-methyl/N-ethyl adjacent to an activating group) is 1. The molecule has 2 saturated carbocycles. The number of hydrogen-bond acceptors (Lipinski definition) is 6. The second kappa shape index (κ2) is 20.9. The molecule has 22 heteroatoms. The first-order valence-corrected chi connectivity index (χ1v) is 24.0. The average molecular weight is 1080 g/mol. The summed E-state index contributed by atoms with van der Waals surface area (Å²) in [7, 11) is 1.58. The maximum Gasteiger partial charge on any atom is 0.416 e. The van der Waals surface area contributed by atoms with Crippen molar-refractivity contribution in [3.63, 3.8) is 0 Å². The third kappa shape index (κ3) is 12.3. The minimum absolute atomic E-state index is 0.0675. The van der Waals surface area contributed by atoms with Crippen LogP contribution in [0.2, 0.25) is 0 Å². The minimum atomic E-state index is -4.99. The van der Waals surface area contributed by atoms with Crippen molar-refractivity contribution in [1.29, 1.82) is 0 Å². The number of carbonyl (C=O) groups excluding carboxylic acids is 2. The van der Waals surface area contributed by atoms with Crippen LogP contribution in [-0.2, 0) is 43.8 Å². The minimum Gasteiger partial charge on any atom is -0.383 e. The molecule has 2 saturated heterocycles. The summed E-state index contributed by atoms with van der Waals surface area (Å²) < 4.78 is 200. The summed E-state index contributed by atoms with van der Waals surface area (Å²) in [6, 6.07) is 14.0. The molecule has 0 unspecified atom stereocenters. The van der Waals surface area contributed by atoms with Crippen LogP contribution in [0.15, 0.2) is 84.9 Å². The summed E-state index contributed by atoms with van der Waals surface area (Å²) in [5, 5.41) is 23.1. The Kier molecular flexibility index (Phi) is 16.0. The molecule has 0 spiro atoms. The number of hydrogen-bond donors (Lipinski definition) is 3. The van der Waals surface area contributed by atoms with Crippen molar-refractivity contribution in [2.24, 2.45) is 11.8 Å². The van der Waals surface area contributed by atoms with Crippen molar-refractivity contribution in [1.82, 2.24) is 10.2 Å². The van der Waals surface area contributed by atoms with Gasteiger partial charge in [0.1, 0.15) is 23.8 Å². The van der Waals surface area contributed by atoms with E-state index in [1.165, 1.54) is 43.0 Å². The van der Waals surface area contributed by atoms with Gasteiger partial charge in [0.15, 0.2) is 0 Å². The Balaban J connectivity index is 0.000000219. The molecule has 4 fully saturated rings. The number of rotatable bonds is 10. The fourth-order valence-corrected chi connectivity index (χ4v) is 11.7. The highest BCUT2D eigenvalue weighted by atomic mass is 19.4. The molecule has 2 aliphatic carbocycles. The van der Waals surface area contributed by atoms with Gasteiger partial charge in [-0.2, -0.15) is 52.7 Å². The van der Waals surface area contributed by atoms with Gasteiger partial charge in [0.05, 0.1) is 46.7 Å². The average Bonchev–Trinajstić information content (AvgIpc) is 4.06. The first-order chi connectivity index (χ1) is 34.6. The number of aliphatic hydroxyl groups excluding tert-OH is 2.